The number of carbonyl (C=O) groups is 1. The van der Waals surface area contributed by atoms with Crippen LogP contribution in [0.2, 0.25) is 0 Å². The zero-order valence-electron chi connectivity index (χ0n) is 12.8. The number of hydrazone groups is 1. The highest BCUT2D eigenvalue weighted by atomic mass is 19.1. The van der Waals surface area contributed by atoms with E-state index in [2.05, 4.69) is 21.8 Å². The lowest BCUT2D eigenvalue weighted by Gasteiger charge is -2.29. The quantitative estimate of drug-likeness (QED) is 0.678. The van der Waals surface area contributed by atoms with Crippen LogP contribution >= 0.6 is 0 Å². The van der Waals surface area contributed by atoms with Crippen molar-refractivity contribution in [3.05, 3.63) is 54.0 Å². The Bertz CT molecular complexity index is 759. The number of hydrogen-bond acceptors (Lipinski definition) is 6. The number of hydrogen-bond donors (Lipinski definition) is 1. The van der Waals surface area contributed by atoms with Crippen LogP contribution in [0, 0.1) is 5.82 Å². The van der Waals surface area contributed by atoms with Crippen LogP contribution in [0.25, 0.3) is 0 Å². The molecular weight excluding hydrogens is 313 g/mol. The second kappa shape index (κ2) is 6.61. The normalized spacial score (nSPS) is 22.0. The number of halogens is 1. The fourth-order valence-corrected chi connectivity index (χ4v) is 2.91. The summed E-state index contributed by atoms with van der Waals surface area (Å²) in [5.74, 6) is -0.731. The van der Waals surface area contributed by atoms with Gasteiger partial charge in [0.2, 0.25) is 0 Å². The van der Waals surface area contributed by atoms with Gasteiger partial charge in [-0.25, -0.2) is 19.2 Å². The lowest BCUT2D eigenvalue weighted by Crippen LogP contribution is -2.32. The van der Waals surface area contributed by atoms with Crippen molar-refractivity contribution < 1.29 is 14.3 Å². The fourth-order valence-electron chi connectivity index (χ4n) is 2.91. The molecule has 1 N–H and O–H groups in total. The molecule has 0 spiro atoms. The van der Waals surface area contributed by atoms with Gasteiger partial charge in [-0.3, -0.25) is 4.98 Å². The molecule has 2 aliphatic rings. The van der Waals surface area contributed by atoms with Crippen LogP contribution < -0.4 is 0 Å². The topological polar surface area (TPSA) is 81.4 Å². The number of aromatic nitrogens is 1. The summed E-state index contributed by atoms with van der Waals surface area (Å²) in [5, 5.41) is 14.0. The molecule has 0 amide bonds. The van der Waals surface area contributed by atoms with Gasteiger partial charge >= 0.3 is 5.97 Å². The van der Waals surface area contributed by atoms with Crippen LogP contribution in [-0.2, 0) is 4.79 Å². The minimum absolute atomic E-state index is 0.0501. The Labute approximate surface area is 138 Å². The number of likely N-dealkylation sites (tertiary alicyclic amines) is 1. The van der Waals surface area contributed by atoms with Crippen LogP contribution in [0.4, 0.5) is 4.39 Å². The summed E-state index contributed by atoms with van der Waals surface area (Å²) in [6.45, 7) is 4.14. The van der Waals surface area contributed by atoms with E-state index in [1.165, 1.54) is 17.3 Å². The zero-order valence-corrected chi connectivity index (χ0v) is 12.8. The Kier molecular flexibility index (Phi) is 4.37. The lowest BCUT2D eigenvalue weighted by atomic mass is 10.1. The molecule has 0 radical (unpaired) electrons. The second-order valence-corrected chi connectivity index (χ2v) is 5.40. The molecular formula is C16H16FN5O2. The molecule has 1 saturated heterocycles. The van der Waals surface area contributed by atoms with Crippen LogP contribution in [0.15, 0.2) is 52.7 Å². The van der Waals surface area contributed by atoms with Crippen LogP contribution in [0.1, 0.15) is 24.4 Å². The molecule has 0 unspecified atom stereocenters. The van der Waals surface area contributed by atoms with Crippen LogP contribution in [0.3, 0.4) is 0 Å². The summed E-state index contributed by atoms with van der Waals surface area (Å²) >= 11 is 0. The van der Waals surface area contributed by atoms with Gasteiger partial charge in [0.15, 0.2) is 5.82 Å². The van der Waals surface area contributed by atoms with Crippen molar-refractivity contribution in [2.75, 3.05) is 6.54 Å². The Morgan fingerprint density at radius 2 is 2.33 bits per heavy atom. The van der Waals surface area contributed by atoms with E-state index >= 15 is 0 Å². The Morgan fingerprint density at radius 1 is 1.50 bits per heavy atom. The molecule has 2 aliphatic heterocycles. The number of carboxylic acid groups (broad SMARTS) is 1. The summed E-state index contributed by atoms with van der Waals surface area (Å²) in [5.41, 5.74) is 0.775. The van der Waals surface area contributed by atoms with Crippen molar-refractivity contribution in [3.63, 3.8) is 0 Å². The lowest BCUT2D eigenvalue weighted by molar-refractivity contribution is -0.131. The van der Waals surface area contributed by atoms with E-state index < -0.39 is 5.97 Å². The molecule has 124 valence electrons. The first-order valence-electron chi connectivity index (χ1n) is 7.43. The van der Waals surface area contributed by atoms with Gasteiger partial charge in [0.05, 0.1) is 18.3 Å². The SMILES string of the molecule is C=NN1C=CC(N2CCC[C@@H]2c2cncc(F)c2)=N/C1=C\C(=O)O. The highest BCUT2D eigenvalue weighted by Gasteiger charge is 2.29. The average molecular weight is 329 g/mol. The van der Waals surface area contributed by atoms with Gasteiger partial charge in [0, 0.05) is 25.7 Å². The van der Waals surface area contributed by atoms with Gasteiger partial charge < -0.3 is 10.0 Å². The Balaban J connectivity index is 1.92. The van der Waals surface area contributed by atoms with Crippen molar-refractivity contribution in [1.82, 2.24) is 14.9 Å². The number of aliphatic imine (C=N–C) groups is 1. The number of carboxylic acids is 1. The van der Waals surface area contributed by atoms with E-state index in [0.717, 1.165) is 31.0 Å². The van der Waals surface area contributed by atoms with Gasteiger partial charge in [-0.1, -0.05) is 0 Å². The second-order valence-electron chi connectivity index (χ2n) is 5.40. The molecule has 3 rings (SSSR count). The molecule has 24 heavy (non-hydrogen) atoms. The smallest absolute Gasteiger partial charge is 0.332 e. The van der Waals surface area contributed by atoms with E-state index in [-0.39, 0.29) is 17.7 Å². The molecule has 7 nitrogen and oxygen atoms in total. The first-order chi connectivity index (χ1) is 11.6. The first-order valence-corrected chi connectivity index (χ1v) is 7.43. The maximum Gasteiger partial charge on any atom is 0.332 e. The largest absolute Gasteiger partial charge is 0.478 e. The van der Waals surface area contributed by atoms with E-state index in [1.807, 2.05) is 4.90 Å². The van der Waals surface area contributed by atoms with Crippen molar-refractivity contribution in [2.24, 2.45) is 10.1 Å². The molecule has 0 aliphatic carbocycles. The summed E-state index contributed by atoms with van der Waals surface area (Å²) in [4.78, 5) is 21.3. The van der Waals surface area contributed by atoms with Gasteiger partial charge in [0.25, 0.3) is 0 Å². The van der Waals surface area contributed by atoms with Gasteiger partial charge in [0.1, 0.15) is 11.7 Å². The number of rotatable bonds is 3. The van der Waals surface area contributed by atoms with E-state index in [0.29, 0.717) is 5.84 Å². The standard InChI is InChI=1S/C16H16FN5O2/c1-18-22-6-4-14(20-15(22)8-16(23)24)21-5-2-3-13(21)11-7-12(17)10-19-9-11/h4,6-10,13H,1-3,5H2,(H,23,24)/b15-8+/t13-/m1/s1. The molecule has 8 heteroatoms. The van der Waals surface area contributed by atoms with Crippen LogP contribution in [0.5, 0.6) is 0 Å². The number of pyridine rings is 1. The predicted molar refractivity (Wildman–Crippen MR) is 86.6 cm³/mol. The van der Waals surface area contributed by atoms with Gasteiger partial charge in [-0.15, -0.1) is 0 Å². The zero-order chi connectivity index (χ0) is 17.1. The van der Waals surface area contributed by atoms with Crippen LogP contribution in [-0.4, -0.2) is 45.1 Å². The predicted octanol–water partition coefficient (Wildman–Crippen LogP) is 2.13. The maximum atomic E-state index is 13.5. The molecule has 1 fully saturated rings. The summed E-state index contributed by atoms with van der Waals surface area (Å²) in [6, 6.07) is 1.42. The van der Waals surface area contributed by atoms with E-state index in [1.54, 1.807) is 18.5 Å². The Morgan fingerprint density at radius 3 is 3.04 bits per heavy atom. The minimum Gasteiger partial charge on any atom is -0.478 e. The number of aliphatic carboxylic acids is 1. The van der Waals surface area contributed by atoms with Crippen molar-refractivity contribution >= 4 is 18.5 Å². The van der Waals surface area contributed by atoms with Crippen molar-refractivity contribution in [3.8, 4) is 0 Å². The average Bonchev–Trinajstić information content (AvgIpc) is 3.04. The molecule has 3 heterocycles. The minimum atomic E-state index is -1.12. The van der Waals surface area contributed by atoms with E-state index in [4.69, 9.17) is 5.11 Å². The fraction of sp³-hybridized carbons (Fsp3) is 0.250. The monoisotopic (exact) mass is 329 g/mol. The third-order valence-electron chi connectivity index (χ3n) is 3.89. The molecule has 0 bridgehead atoms. The van der Waals surface area contributed by atoms with Gasteiger partial charge in [-0.2, -0.15) is 5.10 Å². The summed E-state index contributed by atoms with van der Waals surface area (Å²) in [6.07, 6.45) is 8.89. The highest BCUT2D eigenvalue weighted by Crippen LogP contribution is 2.33. The maximum absolute atomic E-state index is 13.5. The number of nitrogens with zero attached hydrogens (tertiary/aromatic N) is 5. The molecule has 1 aromatic heterocycles. The number of amidine groups is 1. The molecule has 0 saturated carbocycles. The van der Waals surface area contributed by atoms with Gasteiger partial charge in [-0.05, 0) is 30.5 Å². The highest BCUT2D eigenvalue weighted by molar-refractivity contribution is 5.95. The summed E-state index contributed by atoms with van der Waals surface area (Å²) < 4.78 is 13.5. The third-order valence-corrected chi connectivity index (χ3v) is 3.89. The Hall–Kier alpha value is -3.03. The summed E-state index contributed by atoms with van der Waals surface area (Å²) in [7, 11) is 0. The molecule has 1 atom stereocenters. The van der Waals surface area contributed by atoms with Crippen molar-refractivity contribution in [1.29, 1.82) is 0 Å². The van der Waals surface area contributed by atoms with E-state index in [9.17, 15) is 9.18 Å². The first kappa shape index (κ1) is 15.9. The molecule has 1 aromatic rings. The molecule has 0 aromatic carbocycles. The van der Waals surface area contributed by atoms with Crippen molar-refractivity contribution in [2.45, 2.75) is 18.9 Å². The third kappa shape index (κ3) is 3.17.